The van der Waals surface area contributed by atoms with E-state index in [-0.39, 0.29) is 11.6 Å². The molecule has 0 atom stereocenters. The van der Waals surface area contributed by atoms with Gasteiger partial charge in [0.15, 0.2) is 0 Å². The molecule has 0 aliphatic carbocycles. The van der Waals surface area contributed by atoms with Gasteiger partial charge in [-0.1, -0.05) is 0 Å². The lowest BCUT2D eigenvalue weighted by atomic mass is 10.2. The molecule has 0 bridgehead atoms. The number of phenols is 1. The molecule has 1 heterocycles. The summed E-state index contributed by atoms with van der Waals surface area (Å²) in [7, 11) is 0. The number of hydrogen-bond donors (Lipinski definition) is 2. The fourth-order valence-corrected chi connectivity index (χ4v) is 2.88. The van der Waals surface area contributed by atoms with Crippen LogP contribution in [-0.4, -0.2) is 5.11 Å². The van der Waals surface area contributed by atoms with Gasteiger partial charge in [-0.2, -0.15) is 0 Å². The number of hydrogen-bond acceptors (Lipinski definition) is 3. The van der Waals surface area contributed by atoms with Crippen molar-refractivity contribution < 1.29 is 9.50 Å². The van der Waals surface area contributed by atoms with E-state index >= 15 is 0 Å². The Labute approximate surface area is 111 Å². The van der Waals surface area contributed by atoms with Gasteiger partial charge in [-0.25, -0.2) is 4.39 Å². The lowest BCUT2D eigenvalue weighted by Crippen LogP contribution is -2.12. The molecule has 0 aliphatic rings. The third kappa shape index (κ3) is 3.52. The molecule has 2 aromatic rings. The van der Waals surface area contributed by atoms with E-state index in [9.17, 15) is 9.50 Å². The van der Waals surface area contributed by atoms with Gasteiger partial charge < -0.3 is 10.4 Å². The normalized spacial score (nSPS) is 10.7. The molecule has 0 aliphatic heterocycles. The second-order valence-corrected chi connectivity index (χ2v) is 5.52. The highest BCUT2D eigenvalue weighted by Crippen LogP contribution is 2.20. The lowest BCUT2D eigenvalue weighted by Gasteiger charge is -2.05. The van der Waals surface area contributed by atoms with Gasteiger partial charge in [-0.15, -0.1) is 11.3 Å². The summed E-state index contributed by atoms with van der Waals surface area (Å²) in [5, 5.41) is 14.7. The Morgan fingerprint density at radius 3 is 2.82 bits per heavy atom. The fraction of sp³-hybridized carbons (Fsp3) is 0.167. The molecule has 0 unspecified atom stereocenters. The maximum absolute atomic E-state index is 13.0. The Hall–Kier alpha value is -0.910. The van der Waals surface area contributed by atoms with E-state index in [0.29, 0.717) is 18.7 Å². The molecule has 0 radical (unpaired) electrons. The minimum atomic E-state index is -0.335. The highest BCUT2D eigenvalue weighted by Gasteiger charge is 2.03. The quantitative estimate of drug-likeness (QED) is 0.902. The molecule has 0 saturated heterocycles. The van der Waals surface area contributed by atoms with Crippen molar-refractivity contribution in [3.8, 4) is 5.75 Å². The molecule has 0 spiro atoms. The predicted octanol–water partition coefficient (Wildman–Crippen LogP) is 3.65. The summed E-state index contributed by atoms with van der Waals surface area (Å²) in [5.41, 5.74) is 0.570. The van der Waals surface area contributed by atoms with Gasteiger partial charge in [0.2, 0.25) is 0 Å². The van der Waals surface area contributed by atoms with Crippen molar-refractivity contribution in [2.75, 3.05) is 0 Å². The second-order valence-electron chi connectivity index (χ2n) is 3.61. The van der Waals surface area contributed by atoms with Crippen LogP contribution in [0.25, 0.3) is 0 Å². The third-order valence-corrected chi connectivity index (χ3v) is 3.98. The van der Waals surface area contributed by atoms with Crippen molar-refractivity contribution in [3.05, 3.63) is 50.4 Å². The van der Waals surface area contributed by atoms with E-state index in [0.717, 1.165) is 4.47 Å². The van der Waals surface area contributed by atoms with Crippen molar-refractivity contribution in [1.29, 1.82) is 0 Å². The molecular formula is C12H11BrFNOS. The lowest BCUT2D eigenvalue weighted by molar-refractivity contribution is 0.461. The van der Waals surface area contributed by atoms with Gasteiger partial charge in [-0.3, -0.25) is 0 Å². The summed E-state index contributed by atoms with van der Waals surface area (Å²) in [4.78, 5) is 1.19. The maximum atomic E-state index is 13.0. The molecule has 2 nitrogen and oxygen atoms in total. The first kappa shape index (κ1) is 12.5. The molecule has 1 aromatic carbocycles. The van der Waals surface area contributed by atoms with E-state index in [1.54, 1.807) is 11.3 Å². The summed E-state index contributed by atoms with van der Waals surface area (Å²) in [6, 6.07) is 5.99. The number of phenolic OH excluding ortho intramolecular Hbond substituents is 1. The Morgan fingerprint density at radius 2 is 2.12 bits per heavy atom. The number of benzene rings is 1. The smallest absolute Gasteiger partial charge is 0.123 e. The zero-order chi connectivity index (χ0) is 12.3. The summed E-state index contributed by atoms with van der Waals surface area (Å²) in [6.07, 6.45) is 0. The van der Waals surface area contributed by atoms with Crippen molar-refractivity contribution in [2.24, 2.45) is 0 Å². The molecule has 2 N–H and O–H groups in total. The summed E-state index contributed by atoms with van der Waals surface area (Å²) in [5.74, 6) is -0.218. The van der Waals surface area contributed by atoms with E-state index in [1.165, 1.54) is 23.1 Å². The van der Waals surface area contributed by atoms with Crippen LogP contribution in [0.5, 0.6) is 5.75 Å². The van der Waals surface area contributed by atoms with Crippen LogP contribution in [0.3, 0.4) is 0 Å². The molecule has 0 amide bonds. The summed E-state index contributed by atoms with van der Waals surface area (Å²) >= 11 is 5.03. The predicted molar refractivity (Wildman–Crippen MR) is 70.6 cm³/mol. The minimum Gasteiger partial charge on any atom is -0.508 e. The number of rotatable bonds is 4. The van der Waals surface area contributed by atoms with Gasteiger partial charge in [0, 0.05) is 33.4 Å². The van der Waals surface area contributed by atoms with Crippen LogP contribution in [0.4, 0.5) is 4.39 Å². The SMILES string of the molecule is Oc1ccc(F)cc1CNCc1cc(Br)cs1. The standard InChI is InChI=1S/C12H11BrFNOS/c13-9-4-11(17-7-9)6-15-5-8-3-10(14)1-2-12(8)16/h1-4,7,15-16H,5-6H2. The molecule has 5 heteroatoms. The Bertz CT molecular complexity index is 515. The van der Waals surface area contributed by atoms with Crippen LogP contribution in [0.1, 0.15) is 10.4 Å². The van der Waals surface area contributed by atoms with Crippen LogP contribution in [0.2, 0.25) is 0 Å². The first-order valence-corrected chi connectivity index (χ1v) is 6.73. The molecule has 17 heavy (non-hydrogen) atoms. The Balaban J connectivity index is 1.91. The number of nitrogens with one attached hydrogen (secondary N) is 1. The molecule has 0 fully saturated rings. The van der Waals surface area contributed by atoms with Gasteiger partial charge in [0.1, 0.15) is 11.6 Å². The van der Waals surface area contributed by atoms with Crippen LogP contribution in [0, 0.1) is 5.82 Å². The summed E-state index contributed by atoms with van der Waals surface area (Å²) < 4.78 is 14.0. The molecule has 0 saturated carbocycles. The van der Waals surface area contributed by atoms with Gasteiger partial charge in [0.25, 0.3) is 0 Å². The van der Waals surface area contributed by atoms with E-state index in [2.05, 4.69) is 21.2 Å². The first-order chi connectivity index (χ1) is 8.15. The van der Waals surface area contributed by atoms with Crippen molar-refractivity contribution in [2.45, 2.75) is 13.1 Å². The second kappa shape index (κ2) is 5.62. The van der Waals surface area contributed by atoms with Crippen molar-refractivity contribution >= 4 is 27.3 Å². The van der Waals surface area contributed by atoms with Gasteiger partial charge >= 0.3 is 0 Å². The van der Waals surface area contributed by atoms with Crippen LogP contribution >= 0.6 is 27.3 Å². The van der Waals surface area contributed by atoms with Crippen LogP contribution in [0.15, 0.2) is 34.1 Å². The Morgan fingerprint density at radius 1 is 1.29 bits per heavy atom. The highest BCUT2D eigenvalue weighted by atomic mass is 79.9. The maximum Gasteiger partial charge on any atom is 0.123 e. The average Bonchev–Trinajstić information content (AvgIpc) is 2.69. The topological polar surface area (TPSA) is 32.3 Å². The Kier molecular flexibility index (Phi) is 4.15. The molecule has 2 rings (SSSR count). The van der Waals surface area contributed by atoms with E-state index < -0.39 is 0 Å². The zero-order valence-electron chi connectivity index (χ0n) is 8.91. The first-order valence-electron chi connectivity index (χ1n) is 5.06. The number of aromatic hydroxyl groups is 1. The van der Waals surface area contributed by atoms with Crippen LogP contribution < -0.4 is 5.32 Å². The third-order valence-electron chi connectivity index (χ3n) is 2.28. The average molecular weight is 316 g/mol. The zero-order valence-corrected chi connectivity index (χ0v) is 11.3. The van der Waals surface area contributed by atoms with E-state index in [1.807, 2.05) is 11.4 Å². The van der Waals surface area contributed by atoms with Crippen molar-refractivity contribution in [1.82, 2.24) is 5.32 Å². The monoisotopic (exact) mass is 315 g/mol. The minimum absolute atomic E-state index is 0.117. The van der Waals surface area contributed by atoms with Crippen LogP contribution in [-0.2, 0) is 13.1 Å². The van der Waals surface area contributed by atoms with Gasteiger partial charge in [-0.05, 0) is 40.2 Å². The molecule has 90 valence electrons. The van der Waals surface area contributed by atoms with Gasteiger partial charge in [0.05, 0.1) is 0 Å². The highest BCUT2D eigenvalue weighted by molar-refractivity contribution is 9.10. The largest absolute Gasteiger partial charge is 0.508 e. The number of halogens is 2. The van der Waals surface area contributed by atoms with E-state index in [4.69, 9.17) is 0 Å². The summed E-state index contributed by atoms with van der Waals surface area (Å²) in [6.45, 7) is 1.14. The fourth-order valence-electron chi connectivity index (χ4n) is 1.46. The van der Waals surface area contributed by atoms with Crippen molar-refractivity contribution in [3.63, 3.8) is 0 Å². The number of thiophene rings is 1. The molecular weight excluding hydrogens is 305 g/mol. The molecule has 1 aromatic heterocycles.